The highest BCUT2D eigenvalue weighted by atomic mass is 16.5. The Morgan fingerprint density at radius 2 is 1.45 bits per heavy atom. The van der Waals surface area contributed by atoms with E-state index in [9.17, 15) is 19.2 Å². The molecule has 7 N–H and O–H groups in total. The number of hydrogen-bond acceptors (Lipinski definition) is 10. The van der Waals surface area contributed by atoms with Crippen LogP contribution in [0.4, 0.5) is 5.69 Å². The summed E-state index contributed by atoms with van der Waals surface area (Å²) in [5, 5.41) is 20.0. The van der Waals surface area contributed by atoms with Gasteiger partial charge in [0.2, 0.25) is 24.1 Å². The van der Waals surface area contributed by atoms with Crippen LogP contribution in [0, 0.1) is 5.92 Å². The Labute approximate surface area is 307 Å². The smallest absolute Gasteiger partial charge is 0.308 e. The number of ether oxygens (including phenoxy) is 3. The van der Waals surface area contributed by atoms with E-state index in [1.54, 1.807) is 31.4 Å². The van der Waals surface area contributed by atoms with E-state index in [1.807, 2.05) is 55.5 Å². The van der Waals surface area contributed by atoms with Gasteiger partial charge in [0.15, 0.2) is 0 Å². The third-order valence-electron chi connectivity index (χ3n) is 6.16. The fraction of sp³-hybridized carbons (Fsp3) is 0.703. The number of esters is 1. The number of anilines is 1. The lowest BCUT2D eigenvalue weighted by atomic mass is 10.0. The lowest BCUT2D eigenvalue weighted by Gasteiger charge is -2.21. The summed E-state index contributed by atoms with van der Waals surface area (Å²) < 4.78 is 14.6. The van der Waals surface area contributed by atoms with Crippen molar-refractivity contribution in [3.05, 3.63) is 29.8 Å². The normalized spacial score (nSPS) is 10.3. The Morgan fingerprint density at radius 3 is 1.86 bits per heavy atom. The zero-order valence-electron chi connectivity index (χ0n) is 33.1. The van der Waals surface area contributed by atoms with Gasteiger partial charge in [-0.25, -0.2) is 0 Å². The van der Waals surface area contributed by atoms with Crippen molar-refractivity contribution < 1.29 is 43.3 Å². The highest BCUT2D eigenvalue weighted by Gasteiger charge is 2.24. The molecule has 0 aliphatic carbocycles. The predicted octanol–water partition coefficient (Wildman–Crippen LogP) is 4.08. The molecule has 298 valence electrons. The second kappa shape index (κ2) is 40.8. The monoisotopic (exact) mass is 730 g/mol. The largest absolute Gasteiger partial charge is 0.466 e. The third kappa shape index (κ3) is 40.7. The van der Waals surface area contributed by atoms with Gasteiger partial charge in [-0.15, -0.1) is 0 Å². The number of amides is 4. The van der Waals surface area contributed by atoms with Crippen LogP contribution in [0.1, 0.15) is 106 Å². The number of benzene rings is 1. The van der Waals surface area contributed by atoms with E-state index >= 15 is 0 Å². The maximum absolute atomic E-state index is 12.3. The summed E-state index contributed by atoms with van der Waals surface area (Å²) in [6.45, 7) is 18.4. The lowest BCUT2D eigenvalue weighted by Crippen LogP contribution is -2.51. The summed E-state index contributed by atoms with van der Waals surface area (Å²) in [5.74, 6) is -1.16. The molecule has 0 aliphatic heterocycles. The molecule has 0 bridgehead atoms. The van der Waals surface area contributed by atoms with Crippen LogP contribution in [-0.2, 0) is 44.8 Å². The Bertz CT molecular complexity index is 972. The highest BCUT2D eigenvalue weighted by molar-refractivity contribution is 5.96. The number of hydrogen-bond donors (Lipinski definition) is 6. The molecule has 1 atom stereocenters. The van der Waals surface area contributed by atoms with Crippen LogP contribution >= 0.6 is 0 Å². The lowest BCUT2D eigenvalue weighted by molar-refractivity contribution is -0.145. The summed E-state index contributed by atoms with van der Waals surface area (Å²) >= 11 is 0. The number of unbranched alkanes of at least 4 members (excludes halogenated alkanes) is 2. The van der Waals surface area contributed by atoms with Crippen LogP contribution in [0.5, 0.6) is 0 Å². The fourth-order valence-electron chi connectivity index (χ4n) is 3.31. The number of rotatable bonds is 20. The van der Waals surface area contributed by atoms with Gasteiger partial charge in [0.1, 0.15) is 6.04 Å². The number of nitrogens with two attached hydrogens (primary N) is 1. The van der Waals surface area contributed by atoms with Gasteiger partial charge >= 0.3 is 5.97 Å². The Hall–Kier alpha value is -3.59. The zero-order valence-corrected chi connectivity index (χ0v) is 33.1. The second-order valence-corrected chi connectivity index (χ2v) is 11.6. The molecule has 0 spiro atoms. The molecule has 0 aliphatic rings. The first-order valence-corrected chi connectivity index (χ1v) is 17.9. The van der Waals surface area contributed by atoms with Crippen LogP contribution < -0.4 is 27.0 Å². The molecule has 1 aromatic rings. The fourth-order valence-corrected chi connectivity index (χ4v) is 3.31. The van der Waals surface area contributed by atoms with Gasteiger partial charge < -0.3 is 46.3 Å². The van der Waals surface area contributed by atoms with Crippen LogP contribution in [0.2, 0.25) is 0 Å². The van der Waals surface area contributed by atoms with Gasteiger partial charge in [0.05, 0.1) is 38.9 Å². The van der Waals surface area contributed by atoms with E-state index in [-0.39, 0.29) is 55.3 Å². The maximum atomic E-state index is 12.3. The van der Waals surface area contributed by atoms with Crippen molar-refractivity contribution in [2.75, 3.05) is 52.4 Å². The predicted molar refractivity (Wildman–Crippen MR) is 204 cm³/mol. The number of carbonyl (C=O) groups is 5. The average Bonchev–Trinajstić information content (AvgIpc) is 3.11. The van der Waals surface area contributed by atoms with Gasteiger partial charge in [-0.05, 0) is 77.2 Å². The van der Waals surface area contributed by atoms with Crippen molar-refractivity contribution in [1.29, 1.82) is 0 Å². The number of aliphatic hydroxyl groups excluding tert-OH is 1. The summed E-state index contributed by atoms with van der Waals surface area (Å²) in [7, 11) is 3.66. The average molecular weight is 730 g/mol. The second-order valence-electron chi connectivity index (χ2n) is 11.6. The number of carbonyl (C=O) groups excluding carboxylic acids is 5. The third-order valence-corrected chi connectivity index (χ3v) is 6.16. The molecule has 0 saturated carbocycles. The van der Waals surface area contributed by atoms with Gasteiger partial charge in [-0.3, -0.25) is 24.0 Å². The SMILES string of the molecule is CCCCC(=O)NC(C(=O)NCC(=O)Nc1ccc(CO)cc1)C(C)C.CCCCNC.CCCOC(=O)CCOC(C)C.CCOC.NC=O. The molecule has 0 fully saturated rings. The van der Waals surface area contributed by atoms with E-state index < -0.39 is 6.04 Å². The summed E-state index contributed by atoms with van der Waals surface area (Å²) in [6.07, 6.45) is 6.33. The van der Waals surface area contributed by atoms with E-state index in [2.05, 4.69) is 38.7 Å². The molecule has 0 aromatic heterocycles. The van der Waals surface area contributed by atoms with Crippen molar-refractivity contribution in [2.45, 2.75) is 119 Å². The zero-order chi connectivity index (χ0) is 39.9. The minimum absolute atomic E-state index is 0.0646. The molecular formula is C37H71N5O9. The molecule has 1 unspecified atom stereocenters. The van der Waals surface area contributed by atoms with Gasteiger partial charge in [-0.2, -0.15) is 0 Å². The van der Waals surface area contributed by atoms with Crippen molar-refractivity contribution in [1.82, 2.24) is 16.0 Å². The quantitative estimate of drug-likeness (QED) is 0.0644. The Balaban J connectivity index is -0.000000362. The topological polar surface area (TPSA) is 207 Å². The summed E-state index contributed by atoms with van der Waals surface area (Å²) in [6, 6.07) is 6.09. The minimum atomic E-state index is -0.670. The molecule has 1 aromatic carbocycles. The standard InChI is InChI=1S/C19H29N3O4.C9H18O3.C5H13N.C3H8O.CH3NO/c1-4-5-6-16(24)22-18(13(2)3)19(26)20-11-17(25)21-15-9-7-14(12-23)8-10-15;1-4-6-12-9(10)5-7-11-8(2)3;1-3-4-5-6-2;1-3-4-2;2-1-3/h7-10,13,18,23H,4-6,11-12H2,1-3H3,(H,20,26)(H,21,25)(H,22,24);8H,4-7H2,1-3H3;6H,3-5H2,1-2H3;3H2,1-2H3;1H,(H2,2,3). The van der Waals surface area contributed by atoms with Gasteiger partial charge in [0.25, 0.3) is 0 Å². The van der Waals surface area contributed by atoms with Gasteiger partial charge in [0, 0.05) is 25.8 Å². The number of methoxy groups -OCH3 is 1. The molecule has 51 heavy (non-hydrogen) atoms. The highest BCUT2D eigenvalue weighted by Crippen LogP contribution is 2.09. The molecule has 14 heteroatoms. The van der Waals surface area contributed by atoms with Crippen LogP contribution in [0.25, 0.3) is 0 Å². The molecule has 4 amide bonds. The van der Waals surface area contributed by atoms with E-state index in [0.717, 1.165) is 38.0 Å². The van der Waals surface area contributed by atoms with Crippen LogP contribution in [0.3, 0.4) is 0 Å². The first-order chi connectivity index (χ1) is 24.3. The van der Waals surface area contributed by atoms with Crippen molar-refractivity contribution in [3.8, 4) is 0 Å². The van der Waals surface area contributed by atoms with E-state index in [0.29, 0.717) is 31.7 Å². The molecule has 0 heterocycles. The Morgan fingerprint density at radius 1 is 0.882 bits per heavy atom. The number of aliphatic hydroxyl groups is 1. The molecule has 14 nitrogen and oxygen atoms in total. The van der Waals surface area contributed by atoms with E-state index in [1.165, 1.54) is 12.8 Å². The first kappa shape index (κ1) is 54.2. The van der Waals surface area contributed by atoms with Crippen molar-refractivity contribution in [3.63, 3.8) is 0 Å². The van der Waals surface area contributed by atoms with Crippen LogP contribution in [0.15, 0.2) is 24.3 Å². The molecule has 1 rings (SSSR count). The minimum Gasteiger partial charge on any atom is -0.466 e. The van der Waals surface area contributed by atoms with Crippen LogP contribution in [-0.4, -0.2) is 94.4 Å². The molecule has 0 saturated heterocycles. The maximum Gasteiger partial charge on any atom is 0.308 e. The Kier molecular flexibility index (Phi) is 43.4. The van der Waals surface area contributed by atoms with Gasteiger partial charge in [-0.1, -0.05) is 59.6 Å². The first-order valence-electron chi connectivity index (χ1n) is 17.9. The summed E-state index contributed by atoms with van der Waals surface area (Å²) in [4.78, 5) is 55.6. The number of primary amides is 1. The molecule has 0 radical (unpaired) electrons. The summed E-state index contributed by atoms with van der Waals surface area (Å²) in [5.41, 5.74) is 5.49. The number of nitrogens with one attached hydrogen (secondary N) is 4. The van der Waals surface area contributed by atoms with Crippen molar-refractivity contribution in [2.24, 2.45) is 11.7 Å². The van der Waals surface area contributed by atoms with E-state index in [4.69, 9.17) is 19.4 Å². The molecular weight excluding hydrogens is 658 g/mol. The van der Waals surface area contributed by atoms with Crippen molar-refractivity contribution >= 4 is 35.8 Å².